The molecule has 0 amide bonds. The molecule has 1 atom stereocenters. The Morgan fingerprint density at radius 3 is 2.58 bits per heavy atom. The lowest BCUT2D eigenvalue weighted by atomic mass is 10.1. The van der Waals surface area contributed by atoms with Gasteiger partial charge in [-0.15, -0.1) is 5.10 Å². The van der Waals surface area contributed by atoms with Crippen LogP contribution in [0.1, 0.15) is 55.4 Å². The topological polar surface area (TPSA) is 98.4 Å². The Kier molecular flexibility index (Phi) is 8.00. The van der Waals surface area contributed by atoms with Crippen LogP contribution in [0.3, 0.4) is 0 Å². The molecule has 3 rings (SSSR count). The summed E-state index contributed by atoms with van der Waals surface area (Å²) < 4.78 is 23.0. The summed E-state index contributed by atoms with van der Waals surface area (Å²) in [4.78, 5) is 24.6. The molecule has 9 heteroatoms. The molecule has 3 aromatic rings. The lowest BCUT2D eigenvalue weighted by molar-refractivity contribution is 0.0697. The van der Waals surface area contributed by atoms with Crippen molar-refractivity contribution in [1.29, 1.82) is 0 Å². The Hall–Kier alpha value is -3.46. The monoisotopic (exact) mass is 456 g/mol. The molecule has 176 valence electrons. The zero-order chi connectivity index (χ0) is 24.0. The number of rotatable bonds is 11. The molecule has 2 N–H and O–H groups in total. The first kappa shape index (κ1) is 24.2. The summed E-state index contributed by atoms with van der Waals surface area (Å²) in [5, 5.41) is 16.9. The first-order chi connectivity index (χ1) is 15.8. The molecule has 0 spiro atoms. The summed E-state index contributed by atoms with van der Waals surface area (Å²) in [6.45, 7) is 6.46. The molecular weight excluding hydrogens is 427 g/mol. The minimum absolute atomic E-state index is 0.0294. The second-order valence-electron chi connectivity index (χ2n) is 7.82. The summed E-state index contributed by atoms with van der Waals surface area (Å²) in [6, 6.07) is 11.8. The second-order valence-corrected chi connectivity index (χ2v) is 7.82. The average Bonchev–Trinajstić information content (AvgIpc) is 3.10. The highest BCUT2D eigenvalue weighted by atomic mass is 19.1. The number of carboxylic acids is 1. The van der Waals surface area contributed by atoms with E-state index < -0.39 is 17.5 Å². The van der Waals surface area contributed by atoms with Crippen LogP contribution in [0.25, 0.3) is 5.69 Å². The van der Waals surface area contributed by atoms with E-state index in [0.29, 0.717) is 19.0 Å². The third kappa shape index (κ3) is 5.67. The number of benzene rings is 2. The fraction of sp³-hybridized carbons (Fsp3) is 0.375. The van der Waals surface area contributed by atoms with Crippen molar-refractivity contribution >= 4 is 11.7 Å². The Morgan fingerprint density at radius 1 is 1.21 bits per heavy atom. The second kappa shape index (κ2) is 10.9. The van der Waals surface area contributed by atoms with Gasteiger partial charge in [0.15, 0.2) is 5.82 Å². The Bertz CT molecular complexity index is 1160. The molecule has 0 aliphatic heterocycles. The van der Waals surface area contributed by atoms with Crippen molar-refractivity contribution in [2.75, 3.05) is 5.32 Å². The summed E-state index contributed by atoms with van der Waals surface area (Å²) >= 11 is 0. The van der Waals surface area contributed by atoms with Gasteiger partial charge in [0, 0.05) is 12.6 Å². The SMILES string of the molecule is CCCC(C)Nc1cc(-n2nc(COCc3ccccc3)n(CC)c2=O)c(F)cc1C(=O)O. The molecule has 1 aromatic heterocycles. The highest BCUT2D eigenvalue weighted by molar-refractivity contribution is 5.94. The molecular formula is C24H29FN4O4. The smallest absolute Gasteiger partial charge is 0.350 e. The lowest BCUT2D eigenvalue weighted by Crippen LogP contribution is -2.25. The number of carboxylic acid groups (broad SMARTS) is 1. The van der Waals surface area contributed by atoms with Crippen LogP contribution >= 0.6 is 0 Å². The predicted octanol–water partition coefficient (Wildman–Crippen LogP) is 4.21. The number of carbonyl (C=O) groups is 1. The molecule has 0 bridgehead atoms. The van der Waals surface area contributed by atoms with Crippen molar-refractivity contribution < 1.29 is 19.0 Å². The normalized spacial score (nSPS) is 12.0. The van der Waals surface area contributed by atoms with Gasteiger partial charge in [0.25, 0.3) is 0 Å². The number of ether oxygens (including phenoxy) is 1. The zero-order valence-corrected chi connectivity index (χ0v) is 19.0. The number of hydrogen-bond acceptors (Lipinski definition) is 5. The predicted molar refractivity (Wildman–Crippen MR) is 123 cm³/mol. The summed E-state index contributed by atoms with van der Waals surface area (Å²) in [5.41, 5.74) is 0.376. The molecule has 0 saturated heterocycles. The van der Waals surface area contributed by atoms with Crippen LogP contribution in [-0.4, -0.2) is 31.5 Å². The van der Waals surface area contributed by atoms with E-state index in [9.17, 15) is 19.1 Å². The van der Waals surface area contributed by atoms with Crippen molar-refractivity contribution in [3.63, 3.8) is 0 Å². The van der Waals surface area contributed by atoms with Gasteiger partial charge in [-0.25, -0.2) is 14.0 Å². The summed E-state index contributed by atoms with van der Waals surface area (Å²) in [5.74, 6) is -1.75. The van der Waals surface area contributed by atoms with Crippen molar-refractivity contribution in [1.82, 2.24) is 14.3 Å². The highest BCUT2D eigenvalue weighted by Crippen LogP contribution is 2.24. The average molecular weight is 457 g/mol. The van der Waals surface area contributed by atoms with E-state index in [4.69, 9.17) is 4.74 Å². The van der Waals surface area contributed by atoms with Crippen LogP contribution in [0.5, 0.6) is 0 Å². The molecule has 1 heterocycles. The largest absolute Gasteiger partial charge is 0.478 e. The van der Waals surface area contributed by atoms with Crippen LogP contribution in [0.4, 0.5) is 10.1 Å². The number of aromatic nitrogens is 3. The highest BCUT2D eigenvalue weighted by Gasteiger charge is 2.21. The summed E-state index contributed by atoms with van der Waals surface area (Å²) in [6.07, 6.45) is 1.70. The lowest BCUT2D eigenvalue weighted by Gasteiger charge is -2.17. The Balaban J connectivity index is 1.94. The van der Waals surface area contributed by atoms with E-state index >= 15 is 0 Å². The Labute approximate surface area is 191 Å². The maximum absolute atomic E-state index is 14.9. The molecule has 0 aliphatic carbocycles. The van der Waals surface area contributed by atoms with Gasteiger partial charge < -0.3 is 15.2 Å². The standard InChI is InChI=1S/C24H29FN4O4/c1-4-9-16(3)26-20-13-21(19(25)12-18(20)23(30)31)29-24(32)28(5-2)22(27-29)15-33-14-17-10-7-6-8-11-17/h6-8,10-13,16,26H,4-5,9,14-15H2,1-3H3,(H,30,31). The Morgan fingerprint density at radius 2 is 1.94 bits per heavy atom. The molecule has 8 nitrogen and oxygen atoms in total. The van der Waals surface area contributed by atoms with Gasteiger partial charge in [0.1, 0.15) is 18.1 Å². The van der Waals surface area contributed by atoms with Gasteiger partial charge in [0.2, 0.25) is 0 Å². The van der Waals surface area contributed by atoms with Gasteiger partial charge in [-0.2, -0.15) is 4.68 Å². The van der Waals surface area contributed by atoms with E-state index in [1.54, 1.807) is 6.92 Å². The van der Waals surface area contributed by atoms with Crippen LogP contribution < -0.4 is 11.0 Å². The first-order valence-electron chi connectivity index (χ1n) is 11.0. The van der Waals surface area contributed by atoms with Crippen LogP contribution in [0.15, 0.2) is 47.3 Å². The van der Waals surface area contributed by atoms with Gasteiger partial charge in [-0.1, -0.05) is 43.7 Å². The number of aromatic carboxylic acids is 1. The van der Waals surface area contributed by atoms with Crippen LogP contribution in [0.2, 0.25) is 0 Å². The number of nitrogens with zero attached hydrogens (tertiary/aromatic N) is 3. The molecule has 0 radical (unpaired) electrons. The number of hydrogen-bond donors (Lipinski definition) is 2. The quantitative estimate of drug-likeness (QED) is 0.449. The first-order valence-corrected chi connectivity index (χ1v) is 11.0. The van der Waals surface area contributed by atoms with E-state index in [2.05, 4.69) is 10.4 Å². The zero-order valence-electron chi connectivity index (χ0n) is 19.0. The molecule has 0 saturated carbocycles. The fourth-order valence-electron chi connectivity index (χ4n) is 3.64. The van der Waals surface area contributed by atoms with Crippen molar-refractivity contribution in [2.45, 2.75) is 59.4 Å². The van der Waals surface area contributed by atoms with Crippen LogP contribution in [0, 0.1) is 5.82 Å². The van der Waals surface area contributed by atoms with Crippen molar-refractivity contribution in [2.24, 2.45) is 0 Å². The van der Waals surface area contributed by atoms with E-state index in [1.165, 1.54) is 10.6 Å². The number of nitrogens with one attached hydrogen (secondary N) is 1. The molecule has 1 unspecified atom stereocenters. The molecule has 2 aromatic carbocycles. The van der Waals surface area contributed by atoms with Gasteiger partial charge in [-0.05, 0) is 38.0 Å². The maximum atomic E-state index is 14.9. The number of anilines is 1. The van der Waals surface area contributed by atoms with Crippen molar-refractivity contribution in [3.8, 4) is 5.69 Å². The minimum Gasteiger partial charge on any atom is -0.478 e. The summed E-state index contributed by atoms with van der Waals surface area (Å²) in [7, 11) is 0. The molecule has 0 fully saturated rings. The fourth-order valence-corrected chi connectivity index (χ4v) is 3.64. The number of halogens is 1. The third-order valence-corrected chi connectivity index (χ3v) is 5.27. The maximum Gasteiger partial charge on any atom is 0.350 e. The van der Waals surface area contributed by atoms with Crippen LogP contribution in [-0.2, 0) is 24.5 Å². The van der Waals surface area contributed by atoms with E-state index in [1.807, 2.05) is 44.2 Å². The van der Waals surface area contributed by atoms with Gasteiger partial charge >= 0.3 is 11.7 Å². The molecule has 33 heavy (non-hydrogen) atoms. The van der Waals surface area contributed by atoms with Crippen molar-refractivity contribution in [3.05, 3.63) is 75.7 Å². The van der Waals surface area contributed by atoms with Gasteiger partial charge in [-0.3, -0.25) is 4.57 Å². The van der Waals surface area contributed by atoms with E-state index in [-0.39, 0.29) is 29.6 Å². The van der Waals surface area contributed by atoms with E-state index in [0.717, 1.165) is 29.2 Å². The minimum atomic E-state index is -1.26. The van der Waals surface area contributed by atoms with Gasteiger partial charge in [0.05, 0.1) is 17.9 Å². The third-order valence-electron chi connectivity index (χ3n) is 5.27. The molecule has 0 aliphatic rings.